The Kier molecular flexibility index (Phi) is 5.21. The molecule has 0 spiro atoms. The number of carbonyl (C=O) groups excluding carboxylic acids is 2. The quantitative estimate of drug-likeness (QED) is 0.504. The van der Waals surface area contributed by atoms with Gasteiger partial charge in [0.1, 0.15) is 0 Å². The van der Waals surface area contributed by atoms with Gasteiger partial charge in [0.25, 0.3) is 5.91 Å². The Hall–Kier alpha value is -2.20. The maximum absolute atomic E-state index is 12.2. The molecule has 2 N–H and O–H groups in total. The van der Waals surface area contributed by atoms with Gasteiger partial charge in [0.2, 0.25) is 6.54 Å². The molecule has 0 aliphatic rings. The van der Waals surface area contributed by atoms with Crippen molar-refractivity contribution in [3.63, 3.8) is 0 Å². The van der Waals surface area contributed by atoms with Gasteiger partial charge in [-0.05, 0) is 6.07 Å². The molecule has 1 aromatic carbocycles. The lowest BCUT2D eigenvalue weighted by Crippen LogP contribution is -3.00. The van der Waals surface area contributed by atoms with E-state index in [2.05, 4.69) is 0 Å². The van der Waals surface area contributed by atoms with Crippen molar-refractivity contribution in [2.75, 3.05) is 0 Å². The first kappa shape index (κ1) is 14.9. The van der Waals surface area contributed by atoms with Gasteiger partial charge in [0, 0.05) is 11.6 Å². The number of hydrogen-bond acceptors (Lipinski definition) is 2. The molecule has 2 rings (SSSR count). The third-order valence-corrected chi connectivity index (χ3v) is 2.49. The summed E-state index contributed by atoms with van der Waals surface area (Å²) < 4.78 is 1.60. The Labute approximate surface area is 117 Å². The molecular weight excluding hydrogens is 264 g/mol. The first-order chi connectivity index (χ1) is 8.66. The normalized spacial score (nSPS) is 9.47. The number of rotatable bonds is 4. The minimum absolute atomic E-state index is 0. The zero-order chi connectivity index (χ0) is 13.0. The Balaban J connectivity index is 0.00000180. The van der Waals surface area contributed by atoms with Crippen LogP contribution in [0.4, 0.5) is 0 Å². The highest BCUT2D eigenvalue weighted by atomic mass is 35.5. The Morgan fingerprint density at radius 2 is 1.63 bits per heavy atom. The van der Waals surface area contributed by atoms with Crippen LogP contribution in [0.5, 0.6) is 0 Å². The third kappa shape index (κ3) is 3.89. The summed E-state index contributed by atoms with van der Waals surface area (Å²) in [4.78, 5) is 23.0. The SMILES string of the molecule is NC(=O)C[n+]1cccc(C(=O)c2ccccc2)c1.[Cl-]. The fourth-order valence-corrected chi connectivity index (χ4v) is 1.69. The van der Waals surface area contributed by atoms with E-state index in [9.17, 15) is 9.59 Å². The minimum atomic E-state index is -0.440. The van der Waals surface area contributed by atoms with Crippen molar-refractivity contribution < 1.29 is 26.6 Å². The van der Waals surface area contributed by atoms with Crippen LogP contribution in [0.15, 0.2) is 54.9 Å². The summed E-state index contributed by atoms with van der Waals surface area (Å²) in [7, 11) is 0. The van der Waals surface area contributed by atoms with Crippen LogP contribution in [0.1, 0.15) is 15.9 Å². The molecule has 0 radical (unpaired) electrons. The van der Waals surface area contributed by atoms with Crippen LogP contribution in [0.25, 0.3) is 0 Å². The van der Waals surface area contributed by atoms with Crippen molar-refractivity contribution in [1.29, 1.82) is 0 Å². The number of hydrogen-bond donors (Lipinski definition) is 1. The molecule has 2 aromatic rings. The topological polar surface area (TPSA) is 64.0 Å². The van der Waals surface area contributed by atoms with Gasteiger partial charge in [-0.2, -0.15) is 4.57 Å². The number of aromatic nitrogens is 1. The smallest absolute Gasteiger partial charge is 0.283 e. The molecular formula is C14H13ClN2O2. The molecule has 0 aliphatic heterocycles. The monoisotopic (exact) mass is 276 g/mol. The third-order valence-electron chi connectivity index (χ3n) is 2.49. The molecule has 19 heavy (non-hydrogen) atoms. The predicted molar refractivity (Wildman–Crippen MR) is 65.7 cm³/mol. The van der Waals surface area contributed by atoms with E-state index in [1.807, 2.05) is 18.2 Å². The highest BCUT2D eigenvalue weighted by Gasteiger charge is 2.13. The van der Waals surface area contributed by atoms with Gasteiger partial charge in [-0.3, -0.25) is 9.59 Å². The van der Waals surface area contributed by atoms with Gasteiger partial charge in [-0.25, -0.2) is 0 Å². The van der Waals surface area contributed by atoms with Crippen molar-refractivity contribution >= 4 is 11.7 Å². The molecule has 4 nitrogen and oxygen atoms in total. The Morgan fingerprint density at radius 3 is 2.26 bits per heavy atom. The number of carbonyl (C=O) groups is 2. The van der Waals surface area contributed by atoms with Crippen molar-refractivity contribution in [2.24, 2.45) is 5.73 Å². The van der Waals surface area contributed by atoms with Crippen LogP contribution in [0.2, 0.25) is 0 Å². The summed E-state index contributed by atoms with van der Waals surface area (Å²) in [5.41, 5.74) is 6.27. The summed E-state index contributed by atoms with van der Waals surface area (Å²) in [5.74, 6) is -0.515. The average Bonchev–Trinajstić information content (AvgIpc) is 2.38. The van der Waals surface area contributed by atoms with E-state index in [-0.39, 0.29) is 24.7 Å². The number of nitrogens with zero attached hydrogens (tertiary/aromatic N) is 1. The van der Waals surface area contributed by atoms with E-state index in [1.54, 1.807) is 41.2 Å². The van der Waals surface area contributed by atoms with E-state index in [1.165, 1.54) is 0 Å². The lowest BCUT2D eigenvalue weighted by molar-refractivity contribution is -0.684. The van der Waals surface area contributed by atoms with Crippen LogP contribution in [-0.4, -0.2) is 11.7 Å². The van der Waals surface area contributed by atoms with E-state index in [4.69, 9.17) is 5.73 Å². The fraction of sp³-hybridized carbons (Fsp3) is 0.0714. The maximum Gasteiger partial charge on any atom is 0.283 e. The van der Waals surface area contributed by atoms with Crippen LogP contribution < -0.4 is 22.7 Å². The molecule has 0 unspecified atom stereocenters. The summed E-state index contributed by atoms with van der Waals surface area (Å²) in [6, 6.07) is 12.4. The molecule has 0 fully saturated rings. The highest BCUT2D eigenvalue weighted by molar-refractivity contribution is 6.08. The first-order valence-corrected chi connectivity index (χ1v) is 5.54. The van der Waals surface area contributed by atoms with Crippen molar-refractivity contribution in [1.82, 2.24) is 0 Å². The molecule has 98 valence electrons. The second-order valence-corrected chi connectivity index (χ2v) is 3.93. The van der Waals surface area contributed by atoms with Crippen LogP contribution in [-0.2, 0) is 11.3 Å². The molecule has 1 aromatic heterocycles. The second-order valence-electron chi connectivity index (χ2n) is 3.93. The molecule has 1 amide bonds. The van der Waals surface area contributed by atoms with Gasteiger partial charge in [-0.1, -0.05) is 30.3 Å². The molecule has 5 heteroatoms. The molecule has 0 saturated heterocycles. The first-order valence-electron chi connectivity index (χ1n) is 5.54. The van der Waals surface area contributed by atoms with Crippen molar-refractivity contribution in [2.45, 2.75) is 6.54 Å². The largest absolute Gasteiger partial charge is 1.00 e. The lowest BCUT2D eigenvalue weighted by atomic mass is 10.1. The number of nitrogens with two attached hydrogens (primary N) is 1. The standard InChI is InChI=1S/C14H12N2O2.ClH/c15-13(17)10-16-8-4-7-12(9-16)14(18)11-5-2-1-3-6-11;/h1-9H,10H2,(H-,15,17);1H. The summed E-state index contributed by atoms with van der Waals surface area (Å²) in [6.07, 6.45) is 3.33. The van der Waals surface area contributed by atoms with E-state index in [0.717, 1.165) is 0 Å². The molecule has 1 heterocycles. The Bertz CT molecular complexity index is 585. The average molecular weight is 277 g/mol. The minimum Gasteiger partial charge on any atom is -1.00 e. The summed E-state index contributed by atoms with van der Waals surface area (Å²) in [6.45, 7) is 0.0654. The molecule has 0 atom stereocenters. The number of ketones is 1. The van der Waals surface area contributed by atoms with E-state index >= 15 is 0 Å². The van der Waals surface area contributed by atoms with E-state index in [0.29, 0.717) is 11.1 Å². The predicted octanol–water partition coefficient (Wildman–Crippen LogP) is -2.31. The molecule has 0 saturated carbocycles. The number of benzene rings is 1. The van der Waals surface area contributed by atoms with Gasteiger partial charge in [-0.15, -0.1) is 0 Å². The lowest BCUT2D eigenvalue weighted by Gasteiger charge is -2.00. The summed E-state index contributed by atoms with van der Waals surface area (Å²) >= 11 is 0. The zero-order valence-corrected chi connectivity index (χ0v) is 10.9. The molecule has 0 aliphatic carbocycles. The van der Waals surface area contributed by atoms with Gasteiger partial charge < -0.3 is 18.1 Å². The number of primary amides is 1. The van der Waals surface area contributed by atoms with Crippen molar-refractivity contribution in [3.05, 3.63) is 66.0 Å². The zero-order valence-electron chi connectivity index (χ0n) is 10.1. The summed E-state index contributed by atoms with van der Waals surface area (Å²) in [5, 5.41) is 0. The number of pyridine rings is 1. The van der Waals surface area contributed by atoms with Crippen LogP contribution >= 0.6 is 0 Å². The Morgan fingerprint density at radius 1 is 1.00 bits per heavy atom. The maximum atomic E-state index is 12.2. The highest BCUT2D eigenvalue weighted by Crippen LogP contribution is 2.07. The van der Waals surface area contributed by atoms with E-state index < -0.39 is 5.91 Å². The van der Waals surface area contributed by atoms with Crippen LogP contribution in [0, 0.1) is 0 Å². The second kappa shape index (κ2) is 6.66. The van der Waals surface area contributed by atoms with Gasteiger partial charge >= 0.3 is 0 Å². The van der Waals surface area contributed by atoms with Crippen LogP contribution in [0.3, 0.4) is 0 Å². The number of halogens is 1. The van der Waals surface area contributed by atoms with Gasteiger partial charge in [0.15, 0.2) is 18.2 Å². The van der Waals surface area contributed by atoms with Crippen molar-refractivity contribution in [3.8, 4) is 0 Å². The molecule has 0 bridgehead atoms. The van der Waals surface area contributed by atoms with Gasteiger partial charge in [0.05, 0.1) is 5.56 Å². The number of amides is 1. The fourth-order valence-electron chi connectivity index (χ4n) is 1.69.